The van der Waals surface area contributed by atoms with Gasteiger partial charge in [0.05, 0.1) is 0 Å². The normalized spacial score (nSPS) is 19.6. The third kappa shape index (κ3) is 6.64. The van der Waals surface area contributed by atoms with Crippen LogP contribution in [0.15, 0.2) is 0 Å². The van der Waals surface area contributed by atoms with Crippen LogP contribution in [0.5, 0.6) is 0 Å². The van der Waals surface area contributed by atoms with E-state index in [9.17, 15) is 4.79 Å². The van der Waals surface area contributed by atoms with Gasteiger partial charge in [0, 0.05) is 19.5 Å². The van der Waals surface area contributed by atoms with E-state index in [-0.39, 0.29) is 11.8 Å². The molecule has 1 unspecified atom stereocenters. The third-order valence-corrected chi connectivity index (χ3v) is 3.39. The molecule has 1 amide bonds. The number of hydrogen-bond donors (Lipinski definition) is 2. The Balaban J connectivity index is 2.07. The maximum absolute atomic E-state index is 11.5. The molecule has 0 aromatic heterocycles. The smallest absolute Gasteiger partial charge is 0.220 e. The fourth-order valence-electron chi connectivity index (χ4n) is 2.19. The fourth-order valence-corrected chi connectivity index (χ4v) is 2.19. The maximum atomic E-state index is 11.5. The van der Waals surface area contributed by atoms with Crippen LogP contribution in [0.25, 0.3) is 0 Å². The molecular weight excluding hydrogens is 214 g/mol. The van der Waals surface area contributed by atoms with Crippen LogP contribution in [0.3, 0.4) is 0 Å². The van der Waals surface area contributed by atoms with Gasteiger partial charge in [-0.25, -0.2) is 0 Å². The summed E-state index contributed by atoms with van der Waals surface area (Å²) in [7, 11) is 0. The quantitative estimate of drug-likeness (QED) is 0.728. The summed E-state index contributed by atoms with van der Waals surface area (Å²) in [5.41, 5.74) is 5.50. The Labute approximate surface area is 105 Å². The van der Waals surface area contributed by atoms with Crippen molar-refractivity contribution in [2.45, 2.75) is 39.0 Å². The van der Waals surface area contributed by atoms with Crippen molar-refractivity contribution < 1.29 is 4.79 Å². The lowest BCUT2D eigenvalue weighted by Crippen LogP contribution is -2.36. The highest BCUT2D eigenvalue weighted by molar-refractivity contribution is 5.76. The SMILES string of the molecule is CC(CN)CC(=O)NCCN1CCCCCC1. The highest BCUT2D eigenvalue weighted by atomic mass is 16.1. The van der Waals surface area contributed by atoms with E-state index in [1.807, 2.05) is 6.92 Å². The Morgan fingerprint density at radius 2 is 1.94 bits per heavy atom. The third-order valence-electron chi connectivity index (χ3n) is 3.39. The first-order valence-electron chi connectivity index (χ1n) is 6.91. The van der Waals surface area contributed by atoms with Crippen molar-refractivity contribution in [2.75, 3.05) is 32.7 Å². The molecule has 4 nitrogen and oxygen atoms in total. The van der Waals surface area contributed by atoms with Crippen LogP contribution in [0.2, 0.25) is 0 Å². The zero-order valence-electron chi connectivity index (χ0n) is 11.1. The summed E-state index contributed by atoms with van der Waals surface area (Å²) in [6.45, 7) is 6.73. The molecule has 0 radical (unpaired) electrons. The van der Waals surface area contributed by atoms with Gasteiger partial charge in [0.25, 0.3) is 0 Å². The zero-order valence-corrected chi connectivity index (χ0v) is 11.1. The number of likely N-dealkylation sites (tertiary alicyclic amines) is 1. The van der Waals surface area contributed by atoms with Crippen LogP contribution in [-0.4, -0.2) is 43.5 Å². The van der Waals surface area contributed by atoms with Gasteiger partial charge in [-0.05, 0) is 38.4 Å². The summed E-state index contributed by atoms with van der Waals surface area (Å²) in [5.74, 6) is 0.422. The second-order valence-corrected chi connectivity index (χ2v) is 5.15. The van der Waals surface area contributed by atoms with Crippen LogP contribution in [-0.2, 0) is 4.79 Å². The minimum atomic E-state index is 0.137. The number of nitrogens with one attached hydrogen (secondary N) is 1. The summed E-state index contributed by atoms with van der Waals surface area (Å²) >= 11 is 0. The van der Waals surface area contributed by atoms with E-state index in [1.54, 1.807) is 0 Å². The minimum absolute atomic E-state index is 0.137. The number of hydrogen-bond acceptors (Lipinski definition) is 3. The first-order valence-corrected chi connectivity index (χ1v) is 6.91. The van der Waals surface area contributed by atoms with Crippen molar-refractivity contribution in [2.24, 2.45) is 11.7 Å². The summed E-state index contributed by atoms with van der Waals surface area (Å²) in [4.78, 5) is 14.0. The first kappa shape index (κ1) is 14.5. The molecule has 3 N–H and O–H groups in total. The van der Waals surface area contributed by atoms with Gasteiger partial charge in [-0.15, -0.1) is 0 Å². The molecule has 1 aliphatic rings. The molecule has 17 heavy (non-hydrogen) atoms. The van der Waals surface area contributed by atoms with Gasteiger partial charge in [-0.1, -0.05) is 19.8 Å². The van der Waals surface area contributed by atoms with Crippen LogP contribution in [0.1, 0.15) is 39.0 Å². The highest BCUT2D eigenvalue weighted by Crippen LogP contribution is 2.08. The van der Waals surface area contributed by atoms with Gasteiger partial charge in [0.15, 0.2) is 0 Å². The molecule has 0 aromatic rings. The molecular formula is C13H27N3O. The Hall–Kier alpha value is -0.610. The maximum Gasteiger partial charge on any atom is 0.220 e. The van der Waals surface area contributed by atoms with Gasteiger partial charge < -0.3 is 16.0 Å². The Bertz CT molecular complexity index is 213. The second-order valence-electron chi connectivity index (χ2n) is 5.15. The second kappa shape index (κ2) is 8.48. The molecule has 0 aromatic carbocycles. The largest absolute Gasteiger partial charge is 0.355 e. The molecule has 1 atom stereocenters. The summed E-state index contributed by atoms with van der Waals surface area (Å²) in [6.07, 6.45) is 5.88. The average molecular weight is 241 g/mol. The van der Waals surface area contributed by atoms with Gasteiger partial charge in [-0.2, -0.15) is 0 Å². The molecule has 0 spiro atoms. The summed E-state index contributed by atoms with van der Waals surface area (Å²) in [5, 5.41) is 2.98. The Morgan fingerprint density at radius 1 is 1.29 bits per heavy atom. The molecule has 0 bridgehead atoms. The van der Waals surface area contributed by atoms with Crippen molar-refractivity contribution >= 4 is 5.91 Å². The lowest BCUT2D eigenvalue weighted by Gasteiger charge is -2.20. The van der Waals surface area contributed by atoms with E-state index in [0.29, 0.717) is 13.0 Å². The molecule has 1 saturated heterocycles. The van der Waals surface area contributed by atoms with Crippen LogP contribution < -0.4 is 11.1 Å². The van der Waals surface area contributed by atoms with Crippen molar-refractivity contribution in [3.8, 4) is 0 Å². The number of nitrogens with zero attached hydrogens (tertiary/aromatic N) is 1. The molecule has 4 heteroatoms. The Kier molecular flexibility index (Phi) is 7.21. The predicted octanol–water partition coefficient (Wildman–Crippen LogP) is 0.964. The number of carbonyl (C=O) groups is 1. The summed E-state index contributed by atoms with van der Waals surface area (Å²) in [6, 6.07) is 0. The molecule has 100 valence electrons. The predicted molar refractivity (Wildman–Crippen MR) is 70.8 cm³/mol. The van der Waals surface area contributed by atoms with Gasteiger partial charge >= 0.3 is 0 Å². The van der Waals surface area contributed by atoms with E-state index in [2.05, 4.69) is 10.2 Å². The monoisotopic (exact) mass is 241 g/mol. The minimum Gasteiger partial charge on any atom is -0.355 e. The van der Waals surface area contributed by atoms with Crippen LogP contribution >= 0.6 is 0 Å². The molecule has 1 rings (SSSR count). The van der Waals surface area contributed by atoms with Crippen LogP contribution in [0, 0.1) is 5.92 Å². The fraction of sp³-hybridized carbons (Fsp3) is 0.923. The summed E-state index contributed by atoms with van der Waals surface area (Å²) < 4.78 is 0. The molecule has 0 aliphatic carbocycles. The highest BCUT2D eigenvalue weighted by Gasteiger charge is 2.10. The molecule has 1 fully saturated rings. The average Bonchev–Trinajstić information content (AvgIpc) is 2.57. The standard InChI is InChI=1S/C13H27N3O/c1-12(11-14)10-13(17)15-6-9-16-7-4-2-3-5-8-16/h12H,2-11,14H2,1H3,(H,15,17). The lowest BCUT2D eigenvalue weighted by molar-refractivity contribution is -0.121. The Morgan fingerprint density at radius 3 is 2.53 bits per heavy atom. The van der Waals surface area contributed by atoms with E-state index < -0.39 is 0 Å². The topological polar surface area (TPSA) is 58.4 Å². The van der Waals surface area contributed by atoms with E-state index >= 15 is 0 Å². The number of nitrogens with two attached hydrogens (primary N) is 1. The lowest BCUT2D eigenvalue weighted by atomic mass is 10.1. The first-order chi connectivity index (χ1) is 8.22. The van der Waals surface area contributed by atoms with Crippen molar-refractivity contribution in [3.05, 3.63) is 0 Å². The van der Waals surface area contributed by atoms with E-state index in [0.717, 1.165) is 13.1 Å². The van der Waals surface area contributed by atoms with Gasteiger partial charge in [-0.3, -0.25) is 4.79 Å². The van der Waals surface area contributed by atoms with Gasteiger partial charge in [0.1, 0.15) is 0 Å². The zero-order chi connectivity index (χ0) is 12.5. The van der Waals surface area contributed by atoms with Crippen molar-refractivity contribution in [1.29, 1.82) is 0 Å². The van der Waals surface area contributed by atoms with Crippen molar-refractivity contribution in [3.63, 3.8) is 0 Å². The number of carbonyl (C=O) groups excluding carboxylic acids is 1. The van der Waals surface area contributed by atoms with Crippen LogP contribution in [0.4, 0.5) is 0 Å². The van der Waals surface area contributed by atoms with Gasteiger partial charge in [0.2, 0.25) is 5.91 Å². The van der Waals surface area contributed by atoms with Crippen molar-refractivity contribution in [1.82, 2.24) is 10.2 Å². The molecule has 0 saturated carbocycles. The molecule has 1 heterocycles. The molecule has 1 aliphatic heterocycles. The number of amides is 1. The number of rotatable bonds is 6. The van der Waals surface area contributed by atoms with E-state index in [4.69, 9.17) is 5.73 Å². The van der Waals surface area contributed by atoms with E-state index in [1.165, 1.54) is 38.8 Å².